The van der Waals surface area contributed by atoms with E-state index in [1.54, 1.807) is 18.2 Å². The van der Waals surface area contributed by atoms with Crippen molar-refractivity contribution >= 4 is 44.3 Å². The van der Waals surface area contributed by atoms with Crippen LogP contribution in [0.2, 0.25) is 5.02 Å². The smallest absolute Gasteiger partial charge is 0.346 e. The maximum Gasteiger partial charge on any atom is 0.435 e. The molecule has 1 unspecified atom stereocenters. The van der Waals surface area contributed by atoms with Crippen molar-refractivity contribution in [2.75, 3.05) is 50.7 Å². The number of nitrogens with one attached hydrogen (secondary N) is 2. The Morgan fingerprint density at radius 1 is 1.02 bits per heavy atom. The molecule has 12 nitrogen and oxygen atoms in total. The molecule has 1 amide bonds. The van der Waals surface area contributed by atoms with Crippen molar-refractivity contribution in [3.05, 3.63) is 93.0 Å². The highest BCUT2D eigenvalue weighted by molar-refractivity contribution is 7.92. The van der Waals surface area contributed by atoms with E-state index in [0.29, 0.717) is 28.4 Å². The van der Waals surface area contributed by atoms with E-state index in [1.807, 2.05) is 7.05 Å². The minimum atomic E-state index is -5.07. The lowest BCUT2D eigenvalue weighted by Gasteiger charge is -2.30. The fraction of sp³-hybridized carbons (Fsp3) is 0.400. The molecule has 1 aliphatic heterocycles. The molecule has 0 spiro atoms. The highest BCUT2D eigenvalue weighted by Gasteiger charge is 2.68. The standard InChI is InChI=1S/C40H37ClF7N9O3S/c1-54-11-13-56(14-12-54)10-4-5-24-6-7-25(26-8-9-29(41)33-35(26)55(2)52-38(33)53-61(3,59)60)34(49-24)30(17-21-15-22(42)18-23(43)16-21)50-31(58)20-57-37-32(36(51-57)40(46,47)48)27-19-28(27)39(37,44)45/h6-9,15-16,18,27-28,30H,10-14,17,19-20H2,1-3H3,(H,50,58)(H,52,53)/t27-,28?,30-/m0/s1. The number of aryl methyl sites for hydroxylation is 1. The summed E-state index contributed by atoms with van der Waals surface area (Å²) < 4.78 is 131. The number of hydrogen-bond donors (Lipinski definition) is 2. The first-order chi connectivity index (χ1) is 28.7. The number of sulfonamides is 1. The number of pyridine rings is 1. The number of alkyl halides is 5. The van der Waals surface area contributed by atoms with Gasteiger partial charge in [-0.3, -0.25) is 23.8 Å². The molecule has 5 aromatic rings. The van der Waals surface area contributed by atoms with Gasteiger partial charge in [-0.25, -0.2) is 22.2 Å². The molecule has 322 valence electrons. The number of amides is 1. The van der Waals surface area contributed by atoms with E-state index < -0.39 is 81.0 Å². The van der Waals surface area contributed by atoms with Crippen LogP contribution in [0.15, 0.2) is 42.5 Å². The van der Waals surface area contributed by atoms with Crippen molar-refractivity contribution in [3.63, 3.8) is 0 Å². The SMILES string of the molecule is CN1CCN(CC#Cc2ccc(-c3ccc(Cl)c4c(NS(C)(=O)=O)nn(C)c34)c([C@H](Cc3cc(F)cc(F)c3)NC(=O)Cn3nc(C(F)(F)F)c4c3C(F)(F)C3C[C@H]43)n2)CC1. The molecule has 0 bridgehead atoms. The zero-order chi connectivity index (χ0) is 43.8. The molecule has 2 aliphatic carbocycles. The number of carbonyl (C=O) groups is 1. The van der Waals surface area contributed by atoms with E-state index in [4.69, 9.17) is 16.6 Å². The van der Waals surface area contributed by atoms with Gasteiger partial charge >= 0.3 is 6.18 Å². The fourth-order valence-corrected chi connectivity index (χ4v) is 9.01. The number of anilines is 1. The first kappa shape index (κ1) is 42.5. The number of likely N-dealkylation sites (N-methyl/N-ethyl adjacent to an activating group) is 1. The van der Waals surface area contributed by atoms with Crippen LogP contribution >= 0.6 is 11.6 Å². The lowest BCUT2D eigenvalue weighted by molar-refractivity contribution is -0.142. The highest BCUT2D eigenvalue weighted by atomic mass is 35.5. The molecule has 0 radical (unpaired) electrons. The maximum atomic E-state index is 15.5. The molecule has 4 heterocycles. The number of rotatable bonds is 10. The molecule has 3 aliphatic rings. The second-order valence-corrected chi connectivity index (χ2v) is 17.8. The number of aromatic nitrogens is 5. The number of hydrogen-bond acceptors (Lipinski definition) is 8. The van der Waals surface area contributed by atoms with Crippen molar-refractivity contribution in [1.29, 1.82) is 0 Å². The summed E-state index contributed by atoms with van der Waals surface area (Å²) in [5, 5.41) is 10.8. The van der Waals surface area contributed by atoms with Crippen LogP contribution < -0.4 is 10.0 Å². The number of halogens is 8. The highest BCUT2D eigenvalue weighted by Crippen LogP contribution is 2.68. The molecular formula is C40H37ClF7N9O3S. The average Bonchev–Trinajstić information content (AvgIpc) is 3.70. The van der Waals surface area contributed by atoms with Gasteiger partial charge in [0.25, 0.3) is 5.92 Å². The van der Waals surface area contributed by atoms with Crippen LogP contribution in [-0.2, 0) is 46.9 Å². The van der Waals surface area contributed by atoms with Crippen LogP contribution in [-0.4, -0.2) is 94.7 Å². The number of carbonyl (C=O) groups excluding carboxylic acids is 1. The molecule has 61 heavy (non-hydrogen) atoms. The summed E-state index contributed by atoms with van der Waals surface area (Å²) in [7, 11) is -0.285. The molecule has 3 aromatic heterocycles. The van der Waals surface area contributed by atoms with Gasteiger partial charge in [-0.1, -0.05) is 23.6 Å². The quantitative estimate of drug-likeness (QED) is 0.128. The lowest BCUT2D eigenvalue weighted by Crippen LogP contribution is -2.44. The van der Waals surface area contributed by atoms with Gasteiger partial charge in [0, 0.05) is 61.9 Å². The van der Waals surface area contributed by atoms with Crippen molar-refractivity contribution in [1.82, 2.24) is 39.7 Å². The monoisotopic (exact) mass is 891 g/mol. The Kier molecular flexibility index (Phi) is 10.9. The minimum Gasteiger partial charge on any atom is -0.346 e. The number of benzene rings is 2. The Morgan fingerprint density at radius 2 is 1.70 bits per heavy atom. The summed E-state index contributed by atoms with van der Waals surface area (Å²) in [4.78, 5) is 23.2. The predicted octanol–water partition coefficient (Wildman–Crippen LogP) is 6.06. The van der Waals surface area contributed by atoms with Crippen LogP contribution in [0.4, 0.5) is 36.6 Å². The summed E-state index contributed by atoms with van der Waals surface area (Å²) in [5.74, 6) is -2.94. The Labute approximate surface area is 350 Å². The summed E-state index contributed by atoms with van der Waals surface area (Å²) in [5.41, 5.74) is -1.82. The van der Waals surface area contributed by atoms with E-state index in [2.05, 4.69) is 41.9 Å². The zero-order valence-corrected chi connectivity index (χ0v) is 34.3. The Hall–Kier alpha value is -5.23. The molecule has 1 saturated carbocycles. The third-order valence-corrected chi connectivity index (χ3v) is 11.9. The Morgan fingerprint density at radius 3 is 2.38 bits per heavy atom. The number of piperazine rings is 1. The van der Waals surface area contributed by atoms with Crippen LogP contribution in [0.1, 0.15) is 52.3 Å². The second-order valence-electron chi connectivity index (χ2n) is 15.6. The Balaban J connectivity index is 1.25. The Bertz CT molecular complexity index is 2740. The van der Waals surface area contributed by atoms with Gasteiger partial charge in [0.05, 0.1) is 40.5 Å². The molecule has 21 heteroatoms. The zero-order valence-electron chi connectivity index (χ0n) is 32.7. The number of fused-ring (bicyclic) bond motifs is 4. The second kappa shape index (κ2) is 15.6. The summed E-state index contributed by atoms with van der Waals surface area (Å²) in [6.45, 7) is 2.61. The van der Waals surface area contributed by atoms with Gasteiger partial charge in [0.1, 0.15) is 29.6 Å². The van der Waals surface area contributed by atoms with Gasteiger partial charge in [-0.2, -0.15) is 32.1 Å². The van der Waals surface area contributed by atoms with Gasteiger partial charge in [-0.15, -0.1) is 0 Å². The van der Waals surface area contributed by atoms with Crippen molar-refractivity contribution in [2.45, 2.75) is 43.4 Å². The molecule has 2 fully saturated rings. The van der Waals surface area contributed by atoms with Crippen molar-refractivity contribution < 1.29 is 43.9 Å². The normalized spacial score (nSPS) is 19.3. The molecule has 3 atom stereocenters. The summed E-state index contributed by atoms with van der Waals surface area (Å²) in [6, 6.07) is 7.65. The van der Waals surface area contributed by atoms with Crippen molar-refractivity contribution in [3.8, 4) is 23.0 Å². The first-order valence-electron chi connectivity index (χ1n) is 19.0. The van der Waals surface area contributed by atoms with Crippen molar-refractivity contribution in [2.24, 2.45) is 13.0 Å². The van der Waals surface area contributed by atoms with Crippen LogP contribution in [0, 0.1) is 29.4 Å². The molecule has 2 aromatic carbocycles. The minimum absolute atomic E-state index is 0.0366. The first-order valence-corrected chi connectivity index (χ1v) is 21.3. The third-order valence-electron chi connectivity index (χ3n) is 11.1. The molecule has 1 saturated heterocycles. The lowest BCUT2D eigenvalue weighted by atomic mass is 9.93. The average molecular weight is 892 g/mol. The van der Waals surface area contributed by atoms with Crippen LogP contribution in [0.3, 0.4) is 0 Å². The van der Waals surface area contributed by atoms with E-state index in [1.165, 1.54) is 17.8 Å². The summed E-state index contributed by atoms with van der Waals surface area (Å²) in [6.07, 6.45) is -4.63. The largest absolute Gasteiger partial charge is 0.435 e. The third kappa shape index (κ3) is 8.52. The predicted molar refractivity (Wildman–Crippen MR) is 211 cm³/mol. The fourth-order valence-electron chi connectivity index (χ4n) is 8.28. The molecule has 8 rings (SSSR count). The van der Waals surface area contributed by atoms with Gasteiger partial charge < -0.3 is 10.2 Å². The van der Waals surface area contributed by atoms with Gasteiger partial charge in [0.2, 0.25) is 15.9 Å². The van der Waals surface area contributed by atoms with Gasteiger partial charge in [0.15, 0.2) is 11.5 Å². The maximum absolute atomic E-state index is 15.5. The number of nitrogens with zero attached hydrogens (tertiary/aromatic N) is 7. The van der Waals surface area contributed by atoms with E-state index >= 15 is 8.78 Å². The van der Waals surface area contributed by atoms with E-state index in [0.717, 1.165) is 44.6 Å². The molecule has 2 N–H and O–H groups in total. The molecular weight excluding hydrogens is 855 g/mol. The summed E-state index contributed by atoms with van der Waals surface area (Å²) >= 11 is 6.62. The topological polar surface area (TPSA) is 130 Å². The van der Waals surface area contributed by atoms with E-state index in [-0.39, 0.29) is 51.6 Å². The van der Waals surface area contributed by atoms with Gasteiger partial charge in [-0.05, 0) is 67.6 Å². The van der Waals surface area contributed by atoms with Crippen LogP contribution in [0.5, 0.6) is 0 Å². The van der Waals surface area contributed by atoms with Crippen LogP contribution in [0.25, 0.3) is 22.0 Å². The van der Waals surface area contributed by atoms with E-state index in [9.17, 15) is 35.2 Å².